The highest BCUT2D eigenvalue weighted by Crippen LogP contribution is 2.38. The summed E-state index contributed by atoms with van der Waals surface area (Å²) in [6.45, 7) is 2.76. The quantitative estimate of drug-likeness (QED) is 0.639. The van der Waals surface area contributed by atoms with Crippen LogP contribution in [0.2, 0.25) is 8.67 Å². The van der Waals surface area contributed by atoms with Crippen LogP contribution >= 0.6 is 50.5 Å². The van der Waals surface area contributed by atoms with Gasteiger partial charge in [0, 0.05) is 12.1 Å². The van der Waals surface area contributed by atoms with Gasteiger partial charge >= 0.3 is 0 Å². The van der Waals surface area contributed by atoms with Gasteiger partial charge < -0.3 is 0 Å². The number of nitrogens with one attached hydrogen (secondary N) is 1. The lowest BCUT2D eigenvalue weighted by atomic mass is 10.1. The Balaban J connectivity index is 2.51. The minimum Gasteiger partial charge on any atom is -0.271 e. The van der Waals surface area contributed by atoms with E-state index in [1.54, 1.807) is 6.20 Å². The molecule has 4 nitrogen and oxygen atoms in total. The number of hydrogen-bond acceptors (Lipinski definition) is 4. The zero-order chi connectivity index (χ0) is 13.3. The molecule has 0 fully saturated rings. The first-order valence-corrected chi connectivity index (χ1v) is 7.57. The number of thiophene rings is 1. The maximum atomic E-state index is 6.18. The highest BCUT2D eigenvalue weighted by molar-refractivity contribution is 9.10. The molecule has 0 aliphatic carbocycles. The van der Waals surface area contributed by atoms with E-state index in [-0.39, 0.29) is 6.04 Å². The molecule has 0 amide bonds. The van der Waals surface area contributed by atoms with Crippen LogP contribution in [0.15, 0.2) is 16.7 Å². The van der Waals surface area contributed by atoms with Crippen molar-refractivity contribution in [1.29, 1.82) is 0 Å². The molecule has 0 spiro atoms. The Morgan fingerprint density at radius 1 is 1.61 bits per heavy atom. The Labute approximate surface area is 127 Å². The smallest absolute Gasteiger partial charge is 0.0996 e. The first kappa shape index (κ1) is 14.3. The van der Waals surface area contributed by atoms with Gasteiger partial charge in [0.15, 0.2) is 0 Å². The number of rotatable bonds is 4. The molecule has 98 valence electrons. The number of hydrazine groups is 1. The third-order valence-electron chi connectivity index (χ3n) is 2.57. The fourth-order valence-electron chi connectivity index (χ4n) is 1.78. The summed E-state index contributed by atoms with van der Waals surface area (Å²) in [5.74, 6) is 5.66. The SMILES string of the molecule is CCn1ncc(Br)c1C(NN)c1cc(Cl)sc1Cl. The normalized spacial score (nSPS) is 12.9. The van der Waals surface area contributed by atoms with E-state index < -0.39 is 0 Å². The van der Waals surface area contributed by atoms with E-state index in [9.17, 15) is 0 Å². The van der Waals surface area contributed by atoms with Crippen molar-refractivity contribution in [2.24, 2.45) is 5.84 Å². The first-order chi connectivity index (χ1) is 8.58. The second-order valence-corrected chi connectivity index (χ2v) is 6.71. The third kappa shape index (κ3) is 2.59. The third-order valence-corrected chi connectivity index (χ3v) is 4.70. The number of aromatic nitrogens is 2. The molecular formula is C10H11BrCl2N4S. The van der Waals surface area contributed by atoms with E-state index in [0.29, 0.717) is 8.67 Å². The topological polar surface area (TPSA) is 55.9 Å². The van der Waals surface area contributed by atoms with Gasteiger partial charge in [-0.15, -0.1) is 11.3 Å². The number of halogens is 3. The van der Waals surface area contributed by atoms with Crippen molar-refractivity contribution in [2.45, 2.75) is 19.5 Å². The van der Waals surface area contributed by atoms with Crippen LogP contribution < -0.4 is 11.3 Å². The number of nitrogens with two attached hydrogens (primary N) is 1. The molecule has 0 saturated heterocycles. The van der Waals surface area contributed by atoms with Gasteiger partial charge in [0.05, 0.1) is 31.1 Å². The van der Waals surface area contributed by atoms with E-state index in [2.05, 4.69) is 26.5 Å². The fourth-order valence-corrected chi connectivity index (χ4v) is 3.83. The largest absolute Gasteiger partial charge is 0.271 e. The number of hydrogen-bond donors (Lipinski definition) is 2. The lowest BCUT2D eigenvalue weighted by molar-refractivity contribution is 0.543. The molecule has 1 atom stereocenters. The fraction of sp³-hybridized carbons (Fsp3) is 0.300. The molecule has 0 radical (unpaired) electrons. The molecule has 2 heterocycles. The van der Waals surface area contributed by atoms with E-state index in [4.69, 9.17) is 29.0 Å². The number of aryl methyl sites for hydroxylation is 1. The maximum Gasteiger partial charge on any atom is 0.0996 e. The van der Waals surface area contributed by atoms with Crippen molar-refractivity contribution in [2.75, 3.05) is 0 Å². The van der Waals surface area contributed by atoms with Crippen molar-refractivity contribution in [3.63, 3.8) is 0 Å². The van der Waals surface area contributed by atoms with Crippen LogP contribution in [-0.4, -0.2) is 9.78 Å². The van der Waals surface area contributed by atoms with Crippen LogP contribution in [0.1, 0.15) is 24.2 Å². The molecule has 2 aromatic rings. The summed E-state index contributed by atoms with van der Waals surface area (Å²) in [4.78, 5) is 0. The van der Waals surface area contributed by atoms with Gasteiger partial charge in [-0.2, -0.15) is 5.10 Å². The molecule has 2 aromatic heterocycles. The Kier molecular flexibility index (Phi) is 4.69. The van der Waals surface area contributed by atoms with Crippen molar-refractivity contribution < 1.29 is 0 Å². The van der Waals surface area contributed by atoms with Crippen molar-refractivity contribution in [3.8, 4) is 0 Å². The lowest BCUT2D eigenvalue weighted by Crippen LogP contribution is -2.30. The molecular weight excluding hydrogens is 359 g/mol. The average molecular weight is 370 g/mol. The van der Waals surface area contributed by atoms with Crippen LogP contribution in [0.4, 0.5) is 0 Å². The standard InChI is InChI=1S/C10H11BrCl2N4S/c1-2-17-9(6(11)4-15-17)8(16-14)5-3-7(12)18-10(5)13/h3-4,8,16H,2,14H2,1H3. The molecule has 3 N–H and O–H groups in total. The van der Waals surface area contributed by atoms with E-state index in [0.717, 1.165) is 22.3 Å². The molecule has 18 heavy (non-hydrogen) atoms. The van der Waals surface area contributed by atoms with Gasteiger partial charge in [0.2, 0.25) is 0 Å². The Morgan fingerprint density at radius 2 is 2.33 bits per heavy atom. The van der Waals surface area contributed by atoms with Crippen LogP contribution in [0.5, 0.6) is 0 Å². The van der Waals surface area contributed by atoms with Crippen LogP contribution in [0, 0.1) is 0 Å². The lowest BCUT2D eigenvalue weighted by Gasteiger charge is -2.17. The van der Waals surface area contributed by atoms with E-state index >= 15 is 0 Å². The molecule has 0 bridgehead atoms. The minimum absolute atomic E-state index is 0.252. The second-order valence-electron chi connectivity index (χ2n) is 3.57. The number of nitrogens with zero attached hydrogens (tertiary/aromatic N) is 2. The monoisotopic (exact) mass is 368 g/mol. The average Bonchev–Trinajstić information content (AvgIpc) is 2.85. The molecule has 0 aliphatic rings. The Morgan fingerprint density at radius 3 is 2.83 bits per heavy atom. The van der Waals surface area contributed by atoms with Gasteiger partial charge in [-0.1, -0.05) is 23.2 Å². The summed E-state index contributed by atoms with van der Waals surface area (Å²) >= 11 is 16.9. The summed E-state index contributed by atoms with van der Waals surface area (Å²) in [6, 6.07) is 1.57. The molecule has 0 saturated carbocycles. The van der Waals surface area contributed by atoms with Crippen molar-refractivity contribution in [1.82, 2.24) is 15.2 Å². The van der Waals surface area contributed by atoms with Crippen LogP contribution in [0.3, 0.4) is 0 Å². The van der Waals surface area contributed by atoms with Crippen molar-refractivity contribution in [3.05, 3.63) is 36.7 Å². The summed E-state index contributed by atoms with van der Waals surface area (Å²) < 4.78 is 3.99. The Bertz CT molecular complexity index is 554. The molecule has 2 rings (SSSR count). The van der Waals surface area contributed by atoms with Gasteiger partial charge in [0.25, 0.3) is 0 Å². The van der Waals surface area contributed by atoms with Gasteiger partial charge in [0.1, 0.15) is 0 Å². The molecule has 1 unspecified atom stereocenters. The summed E-state index contributed by atoms with van der Waals surface area (Å²) in [7, 11) is 0. The predicted molar refractivity (Wildman–Crippen MR) is 79.1 cm³/mol. The molecule has 0 aromatic carbocycles. The van der Waals surface area contributed by atoms with E-state index in [1.165, 1.54) is 11.3 Å². The highest BCUT2D eigenvalue weighted by atomic mass is 79.9. The van der Waals surface area contributed by atoms with Crippen LogP contribution in [0.25, 0.3) is 0 Å². The summed E-state index contributed by atoms with van der Waals surface area (Å²) in [5.41, 5.74) is 4.54. The van der Waals surface area contributed by atoms with E-state index in [1.807, 2.05) is 17.7 Å². The Hall–Kier alpha value is -0.110. The molecule has 0 aliphatic heterocycles. The zero-order valence-electron chi connectivity index (χ0n) is 9.45. The van der Waals surface area contributed by atoms with Crippen molar-refractivity contribution >= 4 is 50.5 Å². The zero-order valence-corrected chi connectivity index (χ0v) is 13.4. The first-order valence-electron chi connectivity index (χ1n) is 5.20. The summed E-state index contributed by atoms with van der Waals surface area (Å²) in [5, 5.41) is 4.27. The van der Waals surface area contributed by atoms with Gasteiger partial charge in [-0.25, -0.2) is 5.43 Å². The minimum atomic E-state index is -0.252. The van der Waals surface area contributed by atoms with Gasteiger partial charge in [-0.05, 0) is 28.9 Å². The van der Waals surface area contributed by atoms with Crippen LogP contribution in [-0.2, 0) is 6.54 Å². The predicted octanol–water partition coefficient (Wildman–Crippen LogP) is 3.59. The second kappa shape index (κ2) is 5.90. The maximum absolute atomic E-state index is 6.18. The summed E-state index contributed by atoms with van der Waals surface area (Å²) in [6.07, 6.45) is 1.74. The highest BCUT2D eigenvalue weighted by Gasteiger charge is 2.24. The van der Waals surface area contributed by atoms with Gasteiger partial charge in [-0.3, -0.25) is 10.5 Å². The molecule has 8 heteroatoms.